The molecule has 2 N–H and O–H groups in total. The van der Waals surface area contributed by atoms with Crippen LogP contribution in [0.15, 0.2) is 24.3 Å². The van der Waals surface area contributed by atoms with Crippen molar-refractivity contribution >= 4 is 21.5 Å². The molecule has 34 heavy (non-hydrogen) atoms. The first-order valence-electron chi connectivity index (χ1n) is 11.5. The minimum atomic E-state index is -4.40. The van der Waals surface area contributed by atoms with E-state index in [9.17, 15) is 21.6 Å². The van der Waals surface area contributed by atoms with Crippen LogP contribution in [0.5, 0.6) is 0 Å². The molecule has 1 saturated heterocycles. The fraction of sp³-hybridized carbons (Fsp3) is 0.565. The molecule has 0 bridgehead atoms. The lowest BCUT2D eigenvalue weighted by Gasteiger charge is -2.32. The molecule has 1 saturated carbocycles. The van der Waals surface area contributed by atoms with Crippen LogP contribution in [0, 0.1) is 0 Å². The van der Waals surface area contributed by atoms with Gasteiger partial charge in [-0.25, -0.2) is 8.42 Å². The summed E-state index contributed by atoms with van der Waals surface area (Å²) in [6.45, 7) is 5.16. The summed E-state index contributed by atoms with van der Waals surface area (Å²) in [5.41, 5.74) is 1.90. The van der Waals surface area contributed by atoms with Gasteiger partial charge < -0.3 is 10.2 Å². The summed E-state index contributed by atoms with van der Waals surface area (Å²) in [5, 5.41) is 12.3. The fourth-order valence-corrected chi connectivity index (χ4v) is 5.05. The highest BCUT2D eigenvalue weighted by Gasteiger charge is 2.31. The number of nitrogens with one attached hydrogen (secondary N) is 2. The first kappa shape index (κ1) is 24.7. The molecule has 1 aliphatic carbocycles. The number of piperidine rings is 1. The van der Waals surface area contributed by atoms with Crippen molar-refractivity contribution in [2.45, 2.75) is 57.2 Å². The summed E-state index contributed by atoms with van der Waals surface area (Å²) in [5.74, 6) is 0.936. The lowest BCUT2D eigenvalue weighted by molar-refractivity contribution is -0.127. The molecule has 0 radical (unpaired) electrons. The van der Waals surface area contributed by atoms with Gasteiger partial charge in [-0.2, -0.15) is 13.2 Å². The van der Waals surface area contributed by atoms with Crippen LogP contribution in [0.2, 0.25) is 0 Å². The van der Waals surface area contributed by atoms with Crippen LogP contribution in [0.3, 0.4) is 0 Å². The number of nitrogens with zero attached hydrogens (tertiary/aromatic N) is 3. The quantitative estimate of drug-likeness (QED) is 0.563. The Kier molecular flexibility index (Phi) is 7.04. The van der Waals surface area contributed by atoms with E-state index in [1.54, 1.807) is 0 Å². The van der Waals surface area contributed by atoms with Gasteiger partial charge in [0, 0.05) is 18.2 Å². The zero-order chi connectivity index (χ0) is 24.5. The van der Waals surface area contributed by atoms with Crippen LogP contribution in [0.25, 0.3) is 11.3 Å². The van der Waals surface area contributed by atoms with Crippen LogP contribution in [-0.4, -0.2) is 61.6 Å². The van der Waals surface area contributed by atoms with Crippen molar-refractivity contribution in [1.29, 1.82) is 0 Å². The third kappa shape index (κ3) is 6.59. The van der Waals surface area contributed by atoms with Crippen molar-refractivity contribution in [2.24, 2.45) is 0 Å². The maximum absolute atomic E-state index is 12.9. The summed E-state index contributed by atoms with van der Waals surface area (Å²) in [6.07, 6.45) is -0.469. The molecule has 1 aromatic carbocycles. The monoisotopic (exact) mass is 497 g/mol. The molecule has 186 valence electrons. The maximum atomic E-state index is 12.9. The highest BCUT2D eigenvalue weighted by atomic mass is 32.2. The van der Waals surface area contributed by atoms with Crippen molar-refractivity contribution in [1.82, 2.24) is 15.1 Å². The van der Waals surface area contributed by atoms with Crippen LogP contribution in [0.4, 0.5) is 24.7 Å². The van der Waals surface area contributed by atoms with Gasteiger partial charge in [0.05, 0.1) is 24.1 Å². The smallest absolute Gasteiger partial charge is 0.365 e. The van der Waals surface area contributed by atoms with E-state index in [2.05, 4.69) is 32.1 Å². The van der Waals surface area contributed by atoms with Crippen LogP contribution in [-0.2, 0) is 16.4 Å². The molecule has 2 aliphatic rings. The van der Waals surface area contributed by atoms with Crippen LogP contribution in [0.1, 0.15) is 49.7 Å². The van der Waals surface area contributed by atoms with Crippen LogP contribution < -0.4 is 10.0 Å². The average Bonchev–Trinajstić information content (AvgIpc) is 3.57. The number of alkyl halides is 3. The minimum Gasteiger partial charge on any atom is -0.365 e. The number of aromatic nitrogens is 2. The topological polar surface area (TPSA) is 87.2 Å². The SMILES string of the molecule is CCN1CCC[C@@H](Nc2cc(C3CC3)c(-c3ccc(CC(F)(F)F)cc3NS(C)(=O)=O)nn2)C1. The molecule has 1 aliphatic heterocycles. The number of anilines is 2. The number of hydrogen-bond acceptors (Lipinski definition) is 6. The van der Waals surface area contributed by atoms with Gasteiger partial charge in [-0.1, -0.05) is 19.1 Å². The van der Waals surface area contributed by atoms with E-state index in [-0.39, 0.29) is 23.2 Å². The zero-order valence-corrected chi connectivity index (χ0v) is 20.1. The Balaban J connectivity index is 1.67. The predicted molar refractivity (Wildman–Crippen MR) is 126 cm³/mol. The highest BCUT2D eigenvalue weighted by Crippen LogP contribution is 2.45. The molecule has 11 heteroatoms. The normalized spacial score (nSPS) is 19.7. The summed E-state index contributed by atoms with van der Waals surface area (Å²) in [4.78, 5) is 2.39. The number of benzene rings is 1. The number of likely N-dealkylation sites (tertiary alicyclic amines) is 1. The number of halogens is 3. The standard InChI is InChI=1S/C23H30F3N5O2S/c1-3-31-10-4-5-17(14-31)27-21-12-19(16-7-8-16)22(29-28-21)18-9-6-15(13-23(24,25)26)11-20(18)30-34(2,32)33/h6,9,11-12,16-17,30H,3-5,7-8,10,13-14H2,1-2H3,(H,27,28)/t17-/m1/s1. The van der Waals surface area contributed by atoms with E-state index >= 15 is 0 Å². The van der Waals surface area contributed by atoms with E-state index in [0.717, 1.165) is 57.1 Å². The molecule has 1 aromatic heterocycles. The van der Waals surface area contributed by atoms with Crippen molar-refractivity contribution in [3.63, 3.8) is 0 Å². The number of sulfonamides is 1. The van der Waals surface area contributed by atoms with Crippen molar-refractivity contribution in [3.8, 4) is 11.3 Å². The Morgan fingerprint density at radius 2 is 1.91 bits per heavy atom. The van der Waals surface area contributed by atoms with Gasteiger partial charge in [0.1, 0.15) is 5.82 Å². The molecule has 2 aromatic rings. The van der Waals surface area contributed by atoms with Gasteiger partial charge in [-0.05, 0) is 68.0 Å². The van der Waals surface area contributed by atoms with Gasteiger partial charge in [0.2, 0.25) is 10.0 Å². The molecular formula is C23H30F3N5O2S. The highest BCUT2D eigenvalue weighted by molar-refractivity contribution is 7.92. The molecule has 0 spiro atoms. The Hall–Kier alpha value is -2.40. The maximum Gasteiger partial charge on any atom is 0.393 e. The second kappa shape index (κ2) is 9.69. The number of rotatable bonds is 8. The zero-order valence-electron chi connectivity index (χ0n) is 19.3. The molecule has 4 rings (SSSR count). The molecule has 7 nitrogen and oxygen atoms in total. The van der Waals surface area contributed by atoms with Gasteiger partial charge in [-0.3, -0.25) is 4.72 Å². The van der Waals surface area contributed by atoms with Gasteiger partial charge >= 0.3 is 6.18 Å². The second-order valence-corrected chi connectivity index (χ2v) is 11.0. The van der Waals surface area contributed by atoms with Crippen molar-refractivity contribution in [2.75, 3.05) is 35.9 Å². The van der Waals surface area contributed by atoms with Crippen molar-refractivity contribution in [3.05, 3.63) is 35.4 Å². The van der Waals surface area contributed by atoms with Gasteiger partial charge in [-0.15, -0.1) is 10.2 Å². The lowest BCUT2D eigenvalue weighted by Crippen LogP contribution is -2.42. The first-order valence-corrected chi connectivity index (χ1v) is 13.4. The van der Waals surface area contributed by atoms with E-state index in [0.29, 0.717) is 17.1 Å². The predicted octanol–water partition coefficient (Wildman–Crippen LogP) is 4.39. The lowest BCUT2D eigenvalue weighted by atomic mass is 9.99. The summed E-state index contributed by atoms with van der Waals surface area (Å²) in [6, 6.07) is 6.32. The van der Waals surface area contributed by atoms with Gasteiger partial charge in [0.15, 0.2) is 0 Å². The van der Waals surface area contributed by atoms with E-state index in [1.165, 1.54) is 18.2 Å². The second-order valence-electron chi connectivity index (χ2n) is 9.23. The van der Waals surface area contributed by atoms with E-state index in [1.807, 2.05) is 6.07 Å². The third-order valence-corrected chi connectivity index (χ3v) is 6.78. The summed E-state index contributed by atoms with van der Waals surface area (Å²) in [7, 11) is -3.72. The molecule has 0 amide bonds. The number of hydrogen-bond donors (Lipinski definition) is 2. The Bertz CT molecular complexity index is 1140. The Morgan fingerprint density at radius 1 is 1.15 bits per heavy atom. The summed E-state index contributed by atoms with van der Waals surface area (Å²) >= 11 is 0. The summed E-state index contributed by atoms with van der Waals surface area (Å²) < 4.78 is 65.1. The van der Waals surface area contributed by atoms with Crippen LogP contribution >= 0.6 is 0 Å². The fourth-order valence-electron chi connectivity index (χ4n) is 4.48. The largest absolute Gasteiger partial charge is 0.393 e. The van der Waals surface area contributed by atoms with E-state index in [4.69, 9.17) is 0 Å². The Labute approximate surface area is 198 Å². The van der Waals surface area contributed by atoms with E-state index < -0.39 is 22.6 Å². The average molecular weight is 498 g/mol. The van der Waals surface area contributed by atoms with Crippen molar-refractivity contribution < 1.29 is 21.6 Å². The first-order chi connectivity index (χ1) is 16.0. The minimum absolute atomic E-state index is 0.0283. The molecular weight excluding hydrogens is 467 g/mol. The molecule has 2 fully saturated rings. The Morgan fingerprint density at radius 3 is 2.56 bits per heavy atom. The molecule has 2 heterocycles. The molecule has 1 atom stereocenters. The number of likely N-dealkylation sites (N-methyl/N-ethyl adjacent to an activating group) is 1. The molecule has 0 unspecified atom stereocenters. The third-order valence-electron chi connectivity index (χ3n) is 6.18. The van der Waals surface area contributed by atoms with Gasteiger partial charge in [0.25, 0.3) is 0 Å².